The van der Waals surface area contributed by atoms with Crippen LogP contribution in [-0.4, -0.2) is 7.11 Å². The SMILES string of the molecule is COc1[nH+]c(N)c(C#N)c(-c2ccc(Cl)cc2Cl)c1C#N. The first-order valence-corrected chi connectivity index (χ1v) is 6.47. The number of benzene rings is 1. The Morgan fingerprint density at radius 1 is 1.19 bits per heavy atom. The number of pyridine rings is 1. The van der Waals surface area contributed by atoms with Crippen molar-refractivity contribution in [2.24, 2.45) is 0 Å². The average Bonchev–Trinajstić information content (AvgIpc) is 2.46. The molecule has 0 aliphatic rings. The van der Waals surface area contributed by atoms with Gasteiger partial charge in [0.25, 0.3) is 5.82 Å². The van der Waals surface area contributed by atoms with E-state index < -0.39 is 0 Å². The zero-order valence-corrected chi connectivity index (χ0v) is 12.4. The molecule has 0 spiro atoms. The number of anilines is 1. The molecule has 0 atom stereocenters. The molecule has 0 amide bonds. The summed E-state index contributed by atoms with van der Waals surface area (Å²) in [4.78, 5) is 2.68. The maximum Gasteiger partial charge on any atom is 0.300 e. The van der Waals surface area contributed by atoms with Gasteiger partial charge in [0.2, 0.25) is 0 Å². The largest absolute Gasteiger partial charge is 0.465 e. The van der Waals surface area contributed by atoms with Gasteiger partial charge in [-0.25, -0.2) is 4.98 Å². The number of methoxy groups -OCH3 is 1. The molecular formula is C14H9Cl2N4O+. The highest BCUT2D eigenvalue weighted by Gasteiger charge is 2.25. The lowest BCUT2D eigenvalue weighted by Crippen LogP contribution is -2.18. The molecule has 0 radical (unpaired) electrons. The maximum atomic E-state index is 9.38. The third kappa shape index (κ3) is 2.57. The molecule has 0 aliphatic carbocycles. The molecule has 7 heteroatoms. The summed E-state index contributed by atoms with van der Waals surface area (Å²) in [5.41, 5.74) is 6.87. The predicted molar refractivity (Wildman–Crippen MR) is 78.8 cm³/mol. The lowest BCUT2D eigenvalue weighted by Gasteiger charge is -2.10. The van der Waals surface area contributed by atoms with Crippen molar-refractivity contribution in [1.82, 2.24) is 0 Å². The number of ether oxygens (including phenoxy) is 1. The summed E-state index contributed by atoms with van der Waals surface area (Å²) in [6, 6.07) is 8.75. The monoisotopic (exact) mass is 319 g/mol. The fraction of sp³-hybridized carbons (Fsp3) is 0.0714. The summed E-state index contributed by atoms with van der Waals surface area (Å²) in [6.45, 7) is 0. The van der Waals surface area contributed by atoms with E-state index in [1.165, 1.54) is 13.2 Å². The van der Waals surface area contributed by atoms with E-state index in [1.807, 2.05) is 12.1 Å². The molecule has 21 heavy (non-hydrogen) atoms. The van der Waals surface area contributed by atoms with Crippen LogP contribution in [0.1, 0.15) is 11.1 Å². The summed E-state index contributed by atoms with van der Waals surface area (Å²) in [7, 11) is 1.39. The van der Waals surface area contributed by atoms with E-state index in [0.717, 1.165) is 0 Å². The van der Waals surface area contributed by atoms with Crippen LogP contribution in [0.25, 0.3) is 11.1 Å². The van der Waals surface area contributed by atoms with Gasteiger partial charge in [0.1, 0.15) is 17.7 Å². The highest BCUT2D eigenvalue weighted by atomic mass is 35.5. The smallest absolute Gasteiger partial charge is 0.300 e. The summed E-state index contributed by atoms with van der Waals surface area (Å²) >= 11 is 12.0. The van der Waals surface area contributed by atoms with Crippen molar-refractivity contribution < 1.29 is 9.72 Å². The number of aromatic nitrogens is 1. The molecule has 5 nitrogen and oxygen atoms in total. The van der Waals surface area contributed by atoms with Crippen molar-refractivity contribution in [2.45, 2.75) is 0 Å². The van der Waals surface area contributed by atoms with Crippen molar-refractivity contribution in [3.8, 4) is 29.1 Å². The Labute approximate surface area is 131 Å². The maximum absolute atomic E-state index is 9.38. The molecule has 2 aromatic rings. The molecule has 0 saturated heterocycles. The van der Waals surface area contributed by atoms with Crippen LogP contribution >= 0.6 is 23.2 Å². The Morgan fingerprint density at radius 3 is 2.38 bits per heavy atom. The van der Waals surface area contributed by atoms with Crippen LogP contribution < -0.4 is 15.5 Å². The Morgan fingerprint density at radius 2 is 1.86 bits per heavy atom. The average molecular weight is 320 g/mol. The number of nitrogens with two attached hydrogens (primary N) is 1. The summed E-state index contributed by atoms with van der Waals surface area (Å²) in [5.74, 6) is 0.254. The predicted octanol–water partition coefficient (Wildman–Crippen LogP) is 2.81. The number of aromatic amines is 1. The Hall–Kier alpha value is -2.47. The van der Waals surface area contributed by atoms with Crippen molar-refractivity contribution in [2.75, 3.05) is 12.8 Å². The summed E-state index contributed by atoms with van der Waals surface area (Å²) in [6.07, 6.45) is 0. The number of nitrogen functional groups attached to an aromatic ring is 1. The van der Waals surface area contributed by atoms with Crippen molar-refractivity contribution in [1.29, 1.82) is 10.5 Å². The second-order valence-electron chi connectivity index (χ2n) is 4.04. The van der Waals surface area contributed by atoms with E-state index in [9.17, 15) is 10.5 Å². The normalized spacial score (nSPS) is 9.76. The van der Waals surface area contributed by atoms with Crippen LogP contribution in [0.2, 0.25) is 10.0 Å². The van der Waals surface area contributed by atoms with Gasteiger partial charge in [-0.15, -0.1) is 0 Å². The van der Waals surface area contributed by atoms with Crippen LogP contribution in [-0.2, 0) is 0 Å². The second kappa shape index (κ2) is 5.88. The Kier molecular flexibility index (Phi) is 4.18. The molecule has 1 aromatic heterocycles. The van der Waals surface area contributed by atoms with Gasteiger partial charge in [-0.3, -0.25) is 5.73 Å². The lowest BCUT2D eigenvalue weighted by atomic mass is 9.96. The number of H-pyrrole nitrogens is 1. The van der Waals surface area contributed by atoms with E-state index >= 15 is 0 Å². The van der Waals surface area contributed by atoms with Crippen LogP contribution in [0, 0.1) is 22.7 Å². The number of hydrogen-bond acceptors (Lipinski definition) is 4. The topological polar surface area (TPSA) is 97.0 Å². The molecule has 0 bridgehead atoms. The number of nitrogens with one attached hydrogen (secondary N) is 1. The van der Waals surface area contributed by atoms with Gasteiger partial charge in [-0.2, -0.15) is 10.5 Å². The van der Waals surface area contributed by atoms with Gasteiger partial charge in [0.15, 0.2) is 5.56 Å². The van der Waals surface area contributed by atoms with Crippen LogP contribution in [0.5, 0.6) is 5.88 Å². The van der Waals surface area contributed by atoms with Gasteiger partial charge in [-0.1, -0.05) is 29.3 Å². The van der Waals surface area contributed by atoms with E-state index in [-0.39, 0.29) is 22.8 Å². The number of hydrogen-bond donors (Lipinski definition) is 1. The van der Waals surface area contributed by atoms with Crippen LogP contribution in [0.15, 0.2) is 18.2 Å². The molecule has 104 valence electrons. The summed E-state index contributed by atoms with van der Waals surface area (Å²) in [5, 5.41) is 19.5. The number of nitrogens with zero attached hydrogens (tertiary/aromatic N) is 2. The van der Waals surface area contributed by atoms with E-state index in [4.69, 9.17) is 33.7 Å². The van der Waals surface area contributed by atoms with Crippen molar-refractivity contribution in [3.63, 3.8) is 0 Å². The lowest BCUT2D eigenvalue weighted by molar-refractivity contribution is -0.376. The molecular weight excluding hydrogens is 311 g/mol. The fourth-order valence-corrected chi connectivity index (χ4v) is 2.46. The Balaban J connectivity index is 2.93. The highest BCUT2D eigenvalue weighted by molar-refractivity contribution is 6.36. The third-order valence-corrected chi connectivity index (χ3v) is 3.42. The van der Waals surface area contributed by atoms with Gasteiger partial charge in [-0.05, 0) is 12.1 Å². The number of nitriles is 2. The quantitative estimate of drug-likeness (QED) is 0.920. The molecule has 3 N–H and O–H groups in total. The van der Waals surface area contributed by atoms with Gasteiger partial charge in [0, 0.05) is 21.2 Å². The molecule has 1 heterocycles. The number of rotatable bonds is 2. The van der Waals surface area contributed by atoms with Crippen LogP contribution in [0.4, 0.5) is 5.82 Å². The number of halogens is 2. The third-order valence-electron chi connectivity index (χ3n) is 2.87. The molecule has 0 unspecified atom stereocenters. The molecule has 0 aliphatic heterocycles. The molecule has 1 aromatic carbocycles. The van der Waals surface area contributed by atoms with Gasteiger partial charge in [0.05, 0.1) is 7.11 Å². The first-order chi connectivity index (χ1) is 10.0. The molecule has 0 fully saturated rings. The first kappa shape index (κ1) is 14.9. The van der Waals surface area contributed by atoms with Crippen molar-refractivity contribution >= 4 is 29.0 Å². The minimum Gasteiger partial charge on any atom is -0.465 e. The minimum absolute atomic E-state index is 0.0920. The standard InChI is InChI=1S/C14H8Cl2N4O/c1-21-14-10(6-18)12(9(5-17)13(19)20-14)8-3-2-7(15)4-11(8)16/h2-4H,1H3,(H2,19,20)/p+1. The van der Waals surface area contributed by atoms with Crippen molar-refractivity contribution in [3.05, 3.63) is 39.4 Å². The van der Waals surface area contributed by atoms with Gasteiger partial charge < -0.3 is 4.74 Å². The van der Waals surface area contributed by atoms with E-state index in [2.05, 4.69) is 4.98 Å². The Bertz CT molecular complexity index is 806. The minimum atomic E-state index is 0.0920. The fourth-order valence-electron chi connectivity index (χ4n) is 1.96. The summed E-state index contributed by atoms with van der Waals surface area (Å²) < 4.78 is 5.11. The van der Waals surface area contributed by atoms with E-state index in [1.54, 1.807) is 12.1 Å². The van der Waals surface area contributed by atoms with E-state index in [0.29, 0.717) is 21.2 Å². The molecule has 0 saturated carbocycles. The first-order valence-electron chi connectivity index (χ1n) is 5.71. The zero-order valence-electron chi connectivity index (χ0n) is 10.9. The van der Waals surface area contributed by atoms with Crippen LogP contribution in [0.3, 0.4) is 0 Å². The molecule has 2 rings (SSSR count). The highest BCUT2D eigenvalue weighted by Crippen LogP contribution is 2.37. The zero-order chi connectivity index (χ0) is 15.6. The van der Waals surface area contributed by atoms with Gasteiger partial charge >= 0.3 is 5.88 Å². The second-order valence-corrected chi connectivity index (χ2v) is 4.89.